The molecule has 0 N–H and O–H groups in total. The van der Waals surface area contributed by atoms with E-state index in [1.807, 2.05) is 18.2 Å². The molecular weight excluding hydrogens is 501 g/mol. The maximum absolute atomic E-state index is 13.1. The van der Waals surface area contributed by atoms with Crippen LogP contribution in [0.2, 0.25) is 0 Å². The van der Waals surface area contributed by atoms with Gasteiger partial charge in [-0.15, -0.1) is 0 Å². The third-order valence-corrected chi connectivity index (χ3v) is 7.94. The van der Waals surface area contributed by atoms with Gasteiger partial charge >= 0.3 is 6.18 Å². The Morgan fingerprint density at radius 3 is 2.18 bits per heavy atom. The lowest BCUT2D eigenvalue weighted by atomic mass is 9.89. The van der Waals surface area contributed by atoms with E-state index in [0.717, 1.165) is 44.4 Å². The molecule has 208 valence electrons. The fraction of sp³-hybridized carbons (Fsp3) is 0.438. The van der Waals surface area contributed by atoms with E-state index in [-0.39, 0.29) is 12.6 Å². The monoisotopic (exact) mass is 538 g/mol. The van der Waals surface area contributed by atoms with Crippen molar-refractivity contribution in [3.63, 3.8) is 0 Å². The van der Waals surface area contributed by atoms with Crippen LogP contribution in [0.25, 0.3) is 0 Å². The van der Waals surface area contributed by atoms with Gasteiger partial charge in [0, 0.05) is 19.6 Å². The molecule has 2 aliphatic heterocycles. The Kier molecular flexibility index (Phi) is 9.35. The third kappa shape index (κ3) is 7.48. The molecule has 0 spiro atoms. The Labute approximate surface area is 229 Å². The molecule has 5 rings (SSSR count). The van der Waals surface area contributed by atoms with Gasteiger partial charge in [-0.05, 0) is 61.0 Å². The highest BCUT2D eigenvalue weighted by atomic mass is 19.4. The molecule has 3 aromatic rings. The summed E-state index contributed by atoms with van der Waals surface area (Å²) >= 11 is 0. The SMILES string of the molecule is FC(F)(F)c1cccc(CCOC2OCCN(CCN3CCC(c4ccccc4)CC3)C2c2ccccc2)c1. The van der Waals surface area contributed by atoms with E-state index in [0.29, 0.717) is 24.5 Å². The summed E-state index contributed by atoms with van der Waals surface area (Å²) in [7, 11) is 0. The lowest BCUT2D eigenvalue weighted by Crippen LogP contribution is -2.49. The molecule has 2 heterocycles. The lowest BCUT2D eigenvalue weighted by molar-refractivity contribution is -0.211. The van der Waals surface area contributed by atoms with E-state index >= 15 is 0 Å². The summed E-state index contributed by atoms with van der Waals surface area (Å²) in [5.74, 6) is 0.637. The maximum atomic E-state index is 13.1. The van der Waals surface area contributed by atoms with E-state index in [4.69, 9.17) is 9.47 Å². The van der Waals surface area contributed by atoms with E-state index in [1.165, 1.54) is 30.5 Å². The first-order chi connectivity index (χ1) is 19.0. The van der Waals surface area contributed by atoms with Crippen LogP contribution in [0.4, 0.5) is 13.2 Å². The Morgan fingerprint density at radius 1 is 0.795 bits per heavy atom. The zero-order valence-electron chi connectivity index (χ0n) is 22.2. The maximum Gasteiger partial charge on any atom is 0.416 e. The van der Waals surface area contributed by atoms with Crippen molar-refractivity contribution in [2.75, 3.05) is 45.9 Å². The Hall–Kier alpha value is -2.71. The van der Waals surface area contributed by atoms with Gasteiger partial charge in [0.25, 0.3) is 0 Å². The fourth-order valence-corrected chi connectivity index (χ4v) is 5.78. The number of rotatable bonds is 9. The minimum Gasteiger partial charge on any atom is -0.350 e. The lowest BCUT2D eigenvalue weighted by Gasteiger charge is -2.42. The number of likely N-dealkylation sites (tertiary alicyclic amines) is 1. The quantitative estimate of drug-likeness (QED) is 0.309. The van der Waals surface area contributed by atoms with Crippen LogP contribution in [-0.2, 0) is 22.1 Å². The van der Waals surface area contributed by atoms with Gasteiger partial charge in [0.2, 0.25) is 0 Å². The van der Waals surface area contributed by atoms with Gasteiger partial charge in [0.1, 0.15) is 0 Å². The van der Waals surface area contributed by atoms with Crippen molar-refractivity contribution >= 4 is 0 Å². The van der Waals surface area contributed by atoms with Crippen molar-refractivity contribution in [1.29, 1.82) is 0 Å². The summed E-state index contributed by atoms with van der Waals surface area (Å²) in [4.78, 5) is 5.00. The number of alkyl halides is 3. The number of morpholine rings is 1. The molecule has 2 unspecified atom stereocenters. The van der Waals surface area contributed by atoms with Crippen LogP contribution in [0.15, 0.2) is 84.9 Å². The molecule has 4 nitrogen and oxygen atoms in total. The molecule has 0 aliphatic carbocycles. The zero-order chi connectivity index (χ0) is 27.1. The highest BCUT2D eigenvalue weighted by Gasteiger charge is 2.35. The molecule has 7 heteroatoms. The largest absolute Gasteiger partial charge is 0.416 e. The predicted octanol–water partition coefficient (Wildman–Crippen LogP) is 6.54. The minimum absolute atomic E-state index is 0.0664. The molecule has 0 saturated carbocycles. The minimum atomic E-state index is -4.35. The summed E-state index contributed by atoms with van der Waals surface area (Å²) in [6.07, 6.45) is -2.08. The summed E-state index contributed by atoms with van der Waals surface area (Å²) < 4.78 is 51.6. The number of hydrogen-bond donors (Lipinski definition) is 0. The van der Waals surface area contributed by atoms with Crippen molar-refractivity contribution in [3.05, 3.63) is 107 Å². The Morgan fingerprint density at radius 2 is 1.49 bits per heavy atom. The van der Waals surface area contributed by atoms with Gasteiger partial charge in [-0.3, -0.25) is 4.90 Å². The van der Waals surface area contributed by atoms with Crippen LogP contribution in [0.3, 0.4) is 0 Å². The molecule has 2 aliphatic rings. The number of nitrogens with zero attached hydrogens (tertiary/aromatic N) is 2. The second-order valence-electron chi connectivity index (χ2n) is 10.5. The van der Waals surface area contributed by atoms with Crippen LogP contribution in [0.1, 0.15) is 47.1 Å². The van der Waals surface area contributed by atoms with Gasteiger partial charge in [0.05, 0.1) is 24.8 Å². The molecule has 2 fully saturated rings. The zero-order valence-corrected chi connectivity index (χ0v) is 22.2. The molecular formula is C32H37F3N2O2. The second-order valence-corrected chi connectivity index (χ2v) is 10.5. The number of benzene rings is 3. The van der Waals surface area contributed by atoms with Gasteiger partial charge in [-0.2, -0.15) is 13.2 Å². The van der Waals surface area contributed by atoms with Crippen molar-refractivity contribution in [1.82, 2.24) is 9.80 Å². The molecule has 0 amide bonds. The Balaban J connectivity index is 1.18. The summed E-state index contributed by atoms with van der Waals surface area (Å²) in [5.41, 5.74) is 2.55. The van der Waals surface area contributed by atoms with Gasteiger partial charge in [-0.1, -0.05) is 78.9 Å². The number of ether oxygens (including phenoxy) is 2. The van der Waals surface area contributed by atoms with Gasteiger partial charge in [0.15, 0.2) is 6.29 Å². The van der Waals surface area contributed by atoms with Crippen molar-refractivity contribution in [2.24, 2.45) is 0 Å². The van der Waals surface area contributed by atoms with Crippen molar-refractivity contribution in [2.45, 2.75) is 43.7 Å². The summed E-state index contributed by atoms with van der Waals surface area (Å²) in [6.45, 7) is 5.75. The van der Waals surface area contributed by atoms with E-state index in [1.54, 1.807) is 6.07 Å². The first-order valence-corrected chi connectivity index (χ1v) is 13.9. The van der Waals surface area contributed by atoms with Gasteiger partial charge < -0.3 is 14.4 Å². The average Bonchev–Trinajstić information content (AvgIpc) is 2.97. The molecule has 2 saturated heterocycles. The first-order valence-electron chi connectivity index (χ1n) is 13.9. The third-order valence-electron chi connectivity index (χ3n) is 7.94. The summed E-state index contributed by atoms with van der Waals surface area (Å²) in [6, 6.07) is 26.5. The summed E-state index contributed by atoms with van der Waals surface area (Å²) in [5, 5.41) is 0. The fourth-order valence-electron chi connectivity index (χ4n) is 5.78. The van der Waals surface area contributed by atoms with Crippen molar-refractivity contribution < 1.29 is 22.6 Å². The van der Waals surface area contributed by atoms with Crippen LogP contribution in [0, 0.1) is 0 Å². The smallest absolute Gasteiger partial charge is 0.350 e. The Bertz CT molecular complexity index is 1150. The van der Waals surface area contributed by atoms with E-state index < -0.39 is 18.0 Å². The average molecular weight is 539 g/mol. The molecule has 0 aromatic heterocycles. The topological polar surface area (TPSA) is 24.9 Å². The van der Waals surface area contributed by atoms with E-state index in [9.17, 15) is 13.2 Å². The van der Waals surface area contributed by atoms with Crippen LogP contribution < -0.4 is 0 Å². The predicted molar refractivity (Wildman–Crippen MR) is 146 cm³/mol. The van der Waals surface area contributed by atoms with Crippen LogP contribution in [-0.4, -0.2) is 62.0 Å². The molecule has 0 bridgehead atoms. The molecule has 39 heavy (non-hydrogen) atoms. The standard InChI is InChI=1S/C32H37F3N2O2/c33-32(34,35)29-13-7-8-25(24-29)16-22-38-31-30(28-11-5-2-6-12-28)37(21-23-39-31)20-19-36-17-14-27(15-18-36)26-9-3-1-4-10-26/h1-13,24,27,30-31H,14-23H2. The number of halogens is 3. The molecule has 2 atom stereocenters. The van der Waals surface area contributed by atoms with Crippen LogP contribution in [0.5, 0.6) is 0 Å². The second kappa shape index (κ2) is 13.1. The van der Waals surface area contributed by atoms with Gasteiger partial charge in [-0.25, -0.2) is 0 Å². The van der Waals surface area contributed by atoms with Crippen LogP contribution >= 0.6 is 0 Å². The highest BCUT2D eigenvalue weighted by molar-refractivity contribution is 5.26. The first kappa shape index (κ1) is 27.8. The molecule has 3 aromatic carbocycles. The number of hydrogen-bond acceptors (Lipinski definition) is 4. The highest BCUT2D eigenvalue weighted by Crippen LogP contribution is 2.32. The van der Waals surface area contributed by atoms with E-state index in [2.05, 4.69) is 52.3 Å². The number of piperidine rings is 1. The normalized spacial score (nSPS) is 21.7. The molecule has 0 radical (unpaired) electrons. The van der Waals surface area contributed by atoms with Crippen molar-refractivity contribution in [3.8, 4) is 0 Å².